The van der Waals surface area contributed by atoms with E-state index in [9.17, 15) is 9.18 Å². The zero-order chi connectivity index (χ0) is 23.1. The molecule has 0 spiro atoms. The van der Waals surface area contributed by atoms with Crippen molar-refractivity contribution >= 4 is 28.3 Å². The molecule has 4 aromatic rings. The summed E-state index contributed by atoms with van der Waals surface area (Å²) in [6.07, 6.45) is 0. The molecule has 34 heavy (non-hydrogen) atoms. The van der Waals surface area contributed by atoms with Gasteiger partial charge >= 0.3 is 0 Å². The molecule has 2 aromatic heterocycles. The van der Waals surface area contributed by atoms with Crippen LogP contribution in [0.1, 0.15) is 16.1 Å². The second-order valence-electron chi connectivity index (χ2n) is 8.95. The topological polar surface area (TPSA) is 68.4 Å². The predicted octanol–water partition coefficient (Wildman–Crippen LogP) is 3.47. The molecule has 2 saturated heterocycles. The van der Waals surface area contributed by atoms with Gasteiger partial charge in [-0.05, 0) is 24.3 Å². The third-order valence-corrected chi connectivity index (χ3v) is 7.42. The highest BCUT2D eigenvalue weighted by Gasteiger charge is 2.37. The Morgan fingerprint density at radius 1 is 1.12 bits per heavy atom. The first-order valence-corrected chi connectivity index (χ1v) is 12.5. The van der Waals surface area contributed by atoms with Crippen molar-refractivity contribution in [2.24, 2.45) is 0 Å². The number of halogens is 1. The minimum atomic E-state index is -0.315. The molecule has 0 atom stereocenters. The number of carbonyl (C=O) groups is 1. The van der Waals surface area contributed by atoms with Gasteiger partial charge in [0.15, 0.2) is 0 Å². The Morgan fingerprint density at radius 2 is 1.94 bits per heavy atom. The second-order valence-corrected chi connectivity index (χ2v) is 9.67. The summed E-state index contributed by atoms with van der Waals surface area (Å²) in [6.45, 7) is 6.48. The average Bonchev–Trinajstić information content (AvgIpc) is 3.49. The standard InChI is InChI=1S/C25H25FN6OS/c26-18-4-1-3-17(11-18)24-28-22-6-2-5-21(23(22)29-24)25(33)32-13-20(14-32)31-9-7-30(8-10-31)12-19-15-34-16-27-19/h1-6,11,15-16,20H,7-10,12-14H2,(H,28,29). The molecule has 7 nitrogen and oxygen atoms in total. The fourth-order valence-corrected chi connectivity index (χ4v) is 5.38. The summed E-state index contributed by atoms with van der Waals surface area (Å²) in [5.41, 5.74) is 5.68. The van der Waals surface area contributed by atoms with Crippen LogP contribution in [0.2, 0.25) is 0 Å². The lowest BCUT2D eigenvalue weighted by molar-refractivity contribution is 0.00644. The molecule has 9 heteroatoms. The Kier molecular flexibility index (Phi) is 5.60. The fraction of sp³-hybridized carbons (Fsp3) is 0.320. The van der Waals surface area contributed by atoms with Gasteiger partial charge in [-0.2, -0.15) is 0 Å². The van der Waals surface area contributed by atoms with Crippen molar-refractivity contribution in [3.8, 4) is 11.4 Å². The number of imidazole rings is 1. The van der Waals surface area contributed by atoms with E-state index in [0.717, 1.165) is 57.0 Å². The number of aromatic amines is 1. The minimum Gasteiger partial charge on any atom is -0.338 e. The monoisotopic (exact) mass is 476 g/mol. The first kappa shape index (κ1) is 21.4. The first-order chi connectivity index (χ1) is 16.6. The third kappa shape index (κ3) is 4.11. The van der Waals surface area contributed by atoms with Gasteiger partial charge in [-0.3, -0.25) is 14.6 Å². The third-order valence-electron chi connectivity index (χ3n) is 6.78. The maximum atomic E-state index is 13.7. The summed E-state index contributed by atoms with van der Waals surface area (Å²) >= 11 is 1.64. The molecule has 1 amide bonds. The second kappa shape index (κ2) is 8.90. The highest BCUT2D eigenvalue weighted by Crippen LogP contribution is 2.26. The van der Waals surface area contributed by atoms with E-state index in [-0.39, 0.29) is 11.7 Å². The smallest absolute Gasteiger partial charge is 0.256 e. The lowest BCUT2D eigenvalue weighted by atomic mass is 10.0. The number of thiazole rings is 1. The van der Waals surface area contributed by atoms with Crippen LogP contribution in [0.3, 0.4) is 0 Å². The van der Waals surface area contributed by atoms with E-state index in [1.807, 2.05) is 28.6 Å². The summed E-state index contributed by atoms with van der Waals surface area (Å²) < 4.78 is 13.7. The van der Waals surface area contributed by atoms with Gasteiger partial charge in [-0.1, -0.05) is 18.2 Å². The fourth-order valence-electron chi connectivity index (χ4n) is 4.83. The van der Waals surface area contributed by atoms with Crippen LogP contribution >= 0.6 is 11.3 Å². The van der Waals surface area contributed by atoms with E-state index in [0.29, 0.717) is 28.5 Å². The maximum absolute atomic E-state index is 13.7. The summed E-state index contributed by atoms with van der Waals surface area (Å²) in [5, 5.41) is 2.11. The normalized spacial score (nSPS) is 17.9. The first-order valence-electron chi connectivity index (χ1n) is 11.5. The number of piperazine rings is 1. The molecule has 0 saturated carbocycles. The van der Waals surface area contributed by atoms with E-state index in [1.165, 1.54) is 12.1 Å². The van der Waals surface area contributed by atoms with Gasteiger partial charge in [0, 0.05) is 62.8 Å². The van der Waals surface area contributed by atoms with Gasteiger partial charge in [0.1, 0.15) is 17.2 Å². The van der Waals surface area contributed by atoms with Crippen molar-refractivity contribution in [1.82, 2.24) is 29.7 Å². The molecule has 2 aliphatic rings. The summed E-state index contributed by atoms with van der Waals surface area (Å²) in [7, 11) is 0. The Bertz CT molecular complexity index is 1310. The number of likely N-dealkylation sites (tertiary alicyclic amines) is 1. The van der Waals surface area contributed by atoms with Gasteiger partial charge in [0.25, 0.3) is 5.91 Å². The molecule has 174 valence electrons. The van der Waals surface area contributed by atoms with Gasteiger partial charge < -0.3 is 9.88 Å². The number of hydrogen-bond donors (Lipinski definition) is 1. The van der Waals surface area contributed by atoms with Crippen LogP contribution in [0.5, 0.6) is 0 Å². The largest absolute Gasteiger partial charge is 0.338 e. The molecule has 6 rings (SSSR count). The quantitative estimate of drug-likeness (QED) is 0.478. The average molecular weight is 477 g/mol. The molecule has 1 N–H and O–H groups in total. The number of fused-ring (bicyclic) bond motifs is 1. The number of nitrogens with zero attached hydrogens (tertiary/aromatic N) is 5. The molecular weight excluding hydrogens is 451 g/mol. The van der Waals surface area contributed by atoms with Gasteiger partial charge in [-0.15, -0.1) is 11.3 Å². The molecular formula is C25H25FN6OS. The number of rotatable bonds is 5. The molecule has 2 aliphatic heterocycles. The van der Waals surface area contributed by atoms with Gasteiger partial charge in [0.05, 0.1) is 22.3 Å². The van der Waals surface area contributed by atoms with E-state index in [4.69, 9.17) is 0 Å². The Labute approximate surface area is 200 Å². The predicted molar refractivity (Wildman–Crippen MR) is 130 cm³/mol. The molecule has 4 heterocycles. The van der Waals surface area contributed by atoms with E-state index in [1.54, 1.807) is 23.5 Å². The molecule has 0 radical (unpaired) electrons. The van der Waals surface area contributed by atoms with Gasteiger partial charge in [0.2, 0.25) is 0 Å². The molecule has 0 bridgehead atoms. The summed E-state index contributed by atoms with van der Waals surface area (Å²) in [4.78, 5) is 32.4. The van der Waals surface area contributed by atoms with Gasteiger partial charge in [-0.25, -0.2) is 14.4 Å². The van der Waals surface area contributed by atoms with Crippen LogP contribution in [-0.2, 0) is 6.54 Å². The highest BCUT2D eigenvalue weighted by atomic mass is 32.1. The van der Waals surface area contributed by atoms with Crippen LogP contribution in [0, 0.1) is 5.82 Å². The Balaban J connectivity index is 1.10. The van der Waals surface area contributed by atoms with Crippen molar-refractivity contribution in [2.45, 2.75) is 12.6 Å². The van der Waals surface area contributed by atoms with Crippen molar-refractivity contribution in [3.63, 3.8) is 0 Å². The van der Waals surface area contributed by atoms with E-state index < -0.39 is 0 Å². The number of aromatic nitrogens is 3. The number of hydrogen-bond acceptors (Lipinski definition) is 6. The van der Waals surface area contributed by atoms with Crippen molar-refractivity contribution in [3.05, 3.63) is 70.4 Å². The lowest BCUT2D eigenvalue weighted by Gasteiger charge is -2.48. The van der Waals surface area contributed by atoms with Crippen LogP contribution in [-0.4, -0.2) is 80.9 Å². The van der Waals surface area contributed by atoms with Crippen molar-refractivity contribution in [1.29, 1.82) is 0 Å². The SMILES string of the molecule is O=C(c1cccc2[nH]c(-c3cccc(F)c3)nc12)N1CC(N2CCN(Cc3cscn3)CC2)C1. The van der Waals surface area contributed by atoms with Crippen LogP contribution in [0.15, 0.2) is 53.4 Å². The number of amides is 1. The van der Waals surface area contributed by atoms with Crippen LogP contribution in [0.4, 0.5) is 4.39 Å². The maximum Gasteiger partial charge on any atom is 0.256 e. The zero-order valence-electron chi connectivity index (χ0n) is 18.7. The number of benzene rings is 2. The molecule has 0 aliphatic carbocycles. The number of nitrogens with one attached hydrogen (secondary N) is 1. The summed E-state index contributed by atoms with van der Waals surface area (Å²) in [6, 6.07) is 12.3. The summed E-state index contributed by atoms with van der Waals surface area (Å²) in [5.74, 6) is 0.248. The van der Waals surface area contributed by atoms with Crippen molar-refractivity contribution in [2.75, 3.05) is 39.3 Å². The van der Waals surface area contributed by atoms with Crippen LogP contribution < -0.4 is 0 Å². The van der Waals surface area contributed by atoms with Crippen molar-refractivity contribution < 1.29 is 9.18 Å². The van der Waals surface area contributed by atoms with E-state index >= 15 is 0 Å². The zero-order valence-corrected chi connectivity index (χ0v) is 19.5. The Morgan fingerprint density at radius 3 is 2.71 bits per heavy atom. The molecule has 0 unspecified atom stereocenters. The van der Waals surface area contributed by atoms with E-state index in [2.05, 4.69) is 30.1 Å². The minimum absolute atomic E-state index is 0.00121. The highest BCUT2D eigenvalue weighted by molar-refractivity contribution is 7.07. The number of H-pyrrole nitrogens is 1. The lowest BCUT2D eigenvalue weighted by Crippen LogP contribution is -2.64. The Hall–Kier alpha value is -3.14. The van der Waals surface area contributed by atoms with Crippen LogP contribution in [0.25, 0.3) is 22.4 Å². The number of carbonyl (C=O) groups excluding carboxylic acids is 1. The number of para-hydroxylation sites is 1. The molecule has 2 fully saturated rings. The molecule has 2 aromatic carbocycles.